The highest BCUT2D eigenvalue weighted by Crippen LogP contribution is 2.22. The average molecular weight is 383 g/mol. The molecule has 2 amide bonds. The Hall–Kier alpha value is -2.70. The lowest BCUT2D eigenvalue weighted by Gasteiger charge is -2.40. The maximum atomic E-state index is 13.0. The van der Waals surface area contributed by atoms with Crippen molar-refractivity contribution in [1.29, 1.82) is 0 Å². The van der Waals surface area contributed by atoms with E-state index in [1.165, 1.54) is 0 Å². The SMILES string of the molecule is Cc1c(C(=O)N2CCCC(N(Cc3cccnc3)C(=O)C(C)C)C2)cnn1C. The van der Waals surface area contributed by atoms with E-state index in [0.29, 0.717) is 25.2 Å². The largest absolute Gasteiger partial charge is 0.336 e. The van der Waals surface area contributed by atoms with Crippen molar-refractivity contribution in [2.45, 2.75) is 46.2 Å². The summed E-state index contributed by atoms with van der Waals surface area (Å²) in [4.78, 5) is 33.9. The molecule has 3 rings (SSSR count). The highest BCUT2D eigenvalue weighted by molar-refractivity contribution is 5.95. The summed E-state index contributed by atoms with van der Waals surface area (Å²) in [6.07, 6.45) is 6.94. The van der Waals surface area contributed by atoms with E-state index in [4.69, 9.17) is 0 Å². The molecule has 0 aliphatic carbocycles. The van der Waals surface area contributed by atoms with Crippen LogP contribution in [0.1, 0.15) is 48.3 Å². The van der Waals surface area contributed by atoms with Crippen LogP contribution in [0.5, 0.6) is 0 Å². The van der Waals surface area contributed by atoms with Crippen molar-refractivity contribution in [2.24, 2.45) is 13.0 Å². The molecular weight excluding hydrogens is 354 g/mol. The van der Waals surface area contributed by atoms with Crippen molar-refractivity contribution in [1.82, 2.24) is 24.6 Å². The number of hydrogen-bond donors (Lipinski definition) is 0. The van der Waals surface area contributed by atoms with Gasteiger partial charge >= 0.3 is 0 Å². The Morgan fingerprint density at radius 2 is 2.11 bits per heavy atom. The van der Waals surface area contributed by atoms with Gasteiger partial charge in [-0.1, -0.05) is 19.9 Å². The lowest BCUT2D eigenvalue weighted by Crippen LogP contribution is -2.52. The number of carbonyl (C=O) groups is 2. The van der Waals surface area contributed by atoms with Gasteiger partial charge in [0.25, 0.3) is 5.91 Å². The van der Waals surface area contributed by atoms with Crippen LogP contribution in [0.15, 0.2) is 30.7 Å². The molecule has 0 saturated carbocycles. The molecule has 3 heterocycles. The fourth-order valence-corrected chi connectivity index (χ4v) is 3.68. The molecule has 1 unspecified atom stereocenters. The van der Waals surface area contributed by atoms with Crippen molar-refractivity contribution in [2.75, 3.05) is 13.1 Å². The van der Waals surface area contributed by atoms with Gasteiger partial charge in [-0.15, -0.1) is 0 Å². The summed E-state index contributed by atoms with van der Waals surface area (Å²) in [5.74, 6) is 0.0117. The topological polar surface area (TPSA) is 71.3 Å². The number of piperidine rings is 1. The van der Waals surface area contributed by atoms with Crippen LogP contribution in [-0.2, 0) is 18.4 Å². The van der Waals surface area contributed by atoms with E-state index >= 15 is 0 Å². The minimum absolute atomic E-state index is 0.00443. The van der Waals surface area contributed by atoms with Gasteiger partial charge in [0.15, 0.2) is 0 Å². The smallest absolute Gasteiger partial charge is 0.257 e. The minimum Gasteiger partial charge on any atom is -0.336 e. The predicted octanol–water partition coefficient (Wildman–Crippen LogP) is 2.41. The number of rotatable bonds is 5. The van der Waals surface area contributed by atoms with Crippen LogP contribution in [0.4, 0.5) is 0 Å². The van der Waals surface area contributed by atoms with Crippen LogP contribution in [-0.4, -0.2) is 55.5 Å². The summed E-state index contributed by atoms with van der Waals surface area (Å²) in [5.41, 5.74) is 2.50. The first-order chi connectivity index (χ1) is 13.4. The fraction of sp³-hybridized carbons (Fsp3) is 0.524. The van der Waals surface area contributed by atoms with Crippen LogP contribution in [0.2, 0.25) is 0 Å². The van der Waals surface area contributed by atoms with E-state index in [1.54, 1.807) is 23.3 Å². The van der Waals surface area contributed by atoms with E-state index in [-0.39, 0.29) is 23.8 Å². The second-order valence-corrected chi connectivity index (χ2v) is 7.80. The quantitative estimate of drug-likeness (QED) is 0.795. The van der Waals surface area contributed by atoms with Gasteiger partial charge in [0, 0.05) is 56.7 Å². The number of nitrogens with zero attached hydrogens (tertiary/aromatic N) is 5. The summed E-state index contributed by atoms with van der Waals surface area (Å²) in [7, 11) is 1.84. The first kappa shape index (κ1) is 20.0. The molecule has 1 saturated heterocycles. The number of hydrogen-bond acceptors (Lipinski definition) is 4. The molecule has 1 atom stereocenters. The van der Waals surface area contributed by atoms with Crippen LogP contribution >= 0.6 is 0 Å². The fourth-order valence-electron chi connectivity index (χ4n) is 3.68. The molecule has 7 heteroatoms. The van der Waals surface area contributed by atoms with Crippen LogP contribution in [0.3, 0.4) is 0 Å². The Labute approximate surface area is 166 Å². The van der Waals surface area contributed by atoms with E-state index in [1.807, 2.05) is 49.8 Å². The maximum Gasteiger partial charge on any atom is 0.257 e. The molecule has 2 aromatic rings. The standard InChI is InChI=1S/C21H29N5O2/c1-15(2)20(27)26(13-17-7-5-9-22-11-17)18-8-6-10-25(14-18)21(28)19-12-23-24(4)16(19)3/h5,7,9,11-12,15,18H,6,8,10,13-14H2,1-4H3. The monoisotopic (exact) mass is 383 g/mol. The number of aromatic nitrogens is 3. The molecular formula is C21H29N5O2. The third-order valence-electron chi connectivity index (χ3n) is 5.44. The Bertz CT molecular complexity index is 831. The summed E-state index contributed by atoms with van der Waals surface area (Å²) in [6.45, 7) is 7.51. The zero-order chi connectivity index (χ0) is 20.3. The molecule has 1 fully saturated rings. The van der Waals surface area contributed by atoms with Crippen molar-refractivity contribution < 1.29 is 9.59 Å². The third kappa shape index (κ3) is 4.24. The Balaban J connectivity index is 1.79. The molecule has 0 N–H and O–H groups in total. The lowest BCUT2D eigenvalue weighted by molar-refractivity contribution is -0.138. The van der Waals surface area contributed by atoms with E-state index in [9.17, 15) is 9.59 Å². The number of pyridine rings is 1. The van der Waals surface area contributed by atoms with Crippen LogP contribution < -0.4 is 0 Å². The first-order valence-corrected chi connectivity index (χ1v) is 9.85. The molecule has 0 radical (unpaired) electrons. The van der Waals surface area contributed by atoms with Gasteiger partial charge in [-0.2, -0.15) is 5.10 Å². The van der Waals surface area contributed by atoms with Crippen molar-refractivity contribution in [3.63, 3.8) is 0 Å². The van der Waals surface area contributed by atoms with Crippen molar-refractivity contribution in [3.8, 4) is 0 Å². The second-order valence-electron chi connectivity index (χ2n) is 7.80. The van der Waals surface area contributed by atoms with Gasteiger partial charge in [-0.05, 0) is 31.4 Å². The predicted molar refractivity (Wildman–Crippen MR) is 106 cm³/mol. The third-order valence-corrected chi connectivity index (χ3v) is 5.44. The van der Waals surface area contributed by atoms with Crippen LogP contribution in [0.25, 0.3) is 0 Å². The van der Waals surface area contributed by atoms with Gasteiger partial charge < -0.3 is 9.80 Å². The van der Waals surface area contributed by atoms with E-state index < -0.39 is 0 Å². The van der Waals surface area contributed by atoms with Crippen LogP contribution in [0, 0.1) is 12.8 Å². The molecule has 28 heavy (non-hydrogen) atoms. The van der Waals surface area contributed by atoms with Gasteiger partial charge in [0.1, 0.15) is 0 Å². The van der Waals surface area contributed by atoms with Gasteiger partial charge in [0.2, 0.25) is 5.91 Å². The number of carbonyl (C=O) groups excluding carboxylic acids is 2. The Kier molecular flexibility index (Phi) is 6.11. The molecule has 7 nitrogen and oxygen atoms in total. The zero-order valence-electron chi connectivity index (χ0n) is 17.1. The molecule has 150 valence electrons. The summed E-state index contributed by atoms with van der Waals surface area (Å²) in [5, 5.41) is 4.19. The molecule has 0 bridgehead atoms. The van der Waals surface area contributed by atoms with E-state index in [2.05, 4.69) is 10.1 Å². The highest BCUT2D eigenvalue weighted by atomic mass is 16.2. The average Bonchev–Trinajstić information content (AvgIpc) is 3.04. The maximum absolute atomic E-state index is 13.0. The highest BCUT2D eigenvalue weighted by Gasteiger charge is 2.32. The number of likely N-dealkylation sites (tertiary alicyclic amines) is 1. The zero-order valence-corrected chi connectivity index (χ0v) is 17.1. The lowest BCUT2D eigenvalue weighted by atomic mass is 10.0. The summed E-state index contributed by atoms with van der Waals surface area (Å²) in [6, 6.07) is 3.87. The molecule has 0 aromatic carbocycles. The molecule has 2 aromatic heterocycles. The minimum atomic E-state index is -0.0942. The van der Waals surface area contributed by atoms with Gasteiger partial charge in [-0.3, -0.25) is 19.3 Å². The molecule has 1 aliphatic heterocycles. The normalized spacial score (nSPS) is 17.0. The van der Waals surface area contributed by atoms with Gasteiger partial charge in [0.05, 0.1) is 11.8 Å². The van der Waals surface area contributed by atoms with Crippen molar-refractivity contribution >= 4 is 11.8 Å². The molecule has 1 aliphatic rings. The Morgan fingerprint density at radius 3 is 2.71 bits per heavy atom. The van der Waals surface area contributed by atoms with Gasteiger partial charge in [-0.25, -0.2) is 0 Å². The van der Waals surface area contributed by atoms with Crippen molar-refractivity contribution in [3.05, 3.63) is 47.5 Å². The van der Waals surface area contributed by atoms with E-state index in [0.717, 1.165) is 24.1 Å². The second kappa shape index (κ2) is 8.54. The summed E-state index contributed by atoms with van der Waals surface area (Å²) >= 11 is 0. The number of aryl methyl sites for hydroxylation is 1. The Morgan fingerprint density at radius 1 is 1.32 bits per heavy atom. The first-order valence-electron chi connectivity index (χ1n) is 9.85. The summed E-state index contributed by atoms with van der Waals surface area (Å²) < 4.78 is 1.71. The molecule has 0 spiro atoms. The number of amides is 2.